The lowest BCUT2D eigenvalue weighted by Crippen LogP contribution is -2.07. The second-order valence-corrected chi connectivity index (χ2v) is 5.29. The first-order chi connectivity index (χ1) is 8.15. The van der Waals surface area contributed by atoms with Gasteiger partial charge in [0.25, 0.3) is 0 Å². The number of hydrogen-bond acceptors (Lipinski definition) is 3. The fourth-order valence-electron chi connectivity index (χ4n) is 1.29. The van der Waals surface area contributed by atoms with Gasteiger partial charge < -0.3 is 9.84 Å². The van der Waals surface area contributed by atoms with Crippen LogP contribution in [0.15, 0.2) is 24.3 Å². The van der Waals surface area contributed by atoms with Crippen molar-refractivity contribution in [1.29, 1.82) is 0 Å². The van der Waals surface area contributed by atoms with Crippen LogP contribution in [0, 0.1) is 0 Å². The van der Waals surface area contributed by atoms with Crippen LogP contribution in [0.2, 0.25) is 0 Å². The Morgan fingerprint density at radius 1 is 1.47 bits per heavy atom. The van der Waals surface area contributed by atoms with Crippen molar-refractivity contribution >= 4 is 17.7 Å². The first-order valence-electron chi connectivity index (χ1n) is 5.71. The van der Waals surface area contributed by atoms with E-state index in [2.05, 4.69) is 13.8 Å². The largest absolute Gasteiger partial charge is 0.492 e. The molecule has 1 rings (SSSR count). The zero-order valence-corrected chi connectivity index (χ0v) is 11.0. The van der Waals surface area contributed by atoms with Gasteiger partial charge in [0.1, 0.15) is 11.3 Å². The van der Waals surface area contributed by atoms with Gasteiger partial charge in [0.05, 0.1) is 6.61 Å². The molecule has 0 aliphatic carbocycles. The summed E-state index contributed by atoms with van der Waals surface area (Å²) in [6, 6.07) is 6.73. The number of thioether (sulfide) groups is 1. The minimum absolute atomic E-state index is 0.223. The van der Waals surface area contributed by atoms with Crippen LogP contribution in [0.3, 0.4) is 0 Å². The topological polar surface area (TPSA) is 46.5 Å². The first kappa shape index (κ1) is 13.9. The van der Waals surface area contributed by atoms with E-state index in [0.29, 0.717) is 17.6 Å². The third-order valence-corrected chi connectivity index (χ3v) is 3.74. The Labute approximate surface area is 106 Å². The smallest absolute Gasteiger partial charge is 0.339 e. The molecular formula is C13H18O3S. The monoisotopic (exact) mass is 254 g/mol. The van der Waals surface area contributed by atoms with Gasteiger partial charge in [-0.2, -0.15) is 11.8 Å². The van der Waals surface area contributed by atoms with Crippen LogP contribution in [-0.2, 0) is 0 Å². The van der Waals surface area contributed by atoms with Gasteiger partial charge >= 0.3 is 5.97 Å². The van der Waals surface area contributed by atoms with Crippen molar-refractivity contribution in [3.05, 3.63) is 29.8 Å². The van der Waals surface area contributed by atoms with Crippen molar-refractivity contribution in [3.63, 3.8) is 0 Å². The molecule has 0 radical (unpaired) electrons. The van der Waals surface area contributed by atoms with Crippen LogP contribution >= 0.6 is 11.8 Å². The van der Waals surface area contributed by atoms with E-state index in [1.807, 2.05) is 11.8 Å². The Morgan fingerprint density at radius 2 is 2.18 bits per heavy atom. The fourth-order valence-corrected chi connectivity index (χ4v) is 2.11. The number of para-hydroxylation sites is 1. The minimum atomic E-state index is -0.949. The summed E-state index contributed by atoms with van der Waals surface area (Å²) in [6.45, 7) is 4.87. The van der Waals surface area contributed by atoms with Crippen molar-refractivity contribution in [2.75, 3.05) is 12.4 Å². The van der Waals surface area contributed by atoms with Crippen LogP contribution in [-0.4, -0.2) is 28.7 Å². The summed E-state index contributed by atoms with van der Waals surface area (Å²) in [4.78, 5) is 10.9. The maximum atomic E-state index is 10.9. The van der Waals surface area contributed by atoms with Crippen molar-refractivity contribution in [2.45, 2.75) is 25.5 Å². The SMILES string of the molecule is CCC(C)SCCOc1ccccc1C(=O)O. The van der Waals surface area contributed by atoms with Crippen molar-refractivity contribution in [1.82, 2.24) is 0 Å². The third-order valence-electron chi connectivity index (χ3n) is 2.44. The van der Waals surface area contributed by atoms with Crippen LogP contribution in [0.4, 0.5) is 0 Å². The van der Waals surface area contributed by atoms with E-state index >= 15 is 0 Å². The molecule has 1 aromatic rings. The lowest BCUT2D eigenvalue weighted by atomic mass is 10.2. The predicted molar refractivity (Wildman–Crippen MR) is 71.1 cm³/mol. The minimum Gasteiger partial charge on any atom is -0.492 e. The van der Waals surface area contributed by atoms with Gasteiger partial charge in [0, 0.05) is 11.0 Å². The van der Waals surface area contributed by atoms with Gasteiger partial charge in [0.2, 0.25) is 0 Å². The maximum absolute atomic E-state index is 10.9. The summed E-state index contributed by atoms with van der Waals surface area (Å²) in [5, 5.41) is 9.58. The normalized spacial score (nSPS) is 12.1. The van der Waals surface area contributed by atoms with Crippen LogP contribution in [0.1, 0.15) is 30.6 Å². The Hall–Kier alpha value is -1.16. The Balaban J connectivity index is 2.44. The summed E-state index contributed by atoms with van der Waals surface area (Å²) in [5.41, 5.74) is 0.223. The highest BCUT2D eigenvalue weighted by molar-refractivity contribution is 7.99. The molecular weight excluding hydrogens is 236 g/mol. The highest BCUT2D eigenvalue weighted by Crippen LogP contribution is 2.19. The van der Waals surface area contributed by atoms with Gasteiger partial charge in [-0.25, -0.2) is 4.79 Å². The van der Waals surface area contributed by atoms with E-state index in [-0.39, 0.29) is 5.56 Å². The number of carboxylic acid groups (broad SMARTS) is 1. The van der Waals surface area contributed by atoms with Crippen molar-refractivity contribution < 1.29 is 14.6 Å². The first-order valence-corrected chi connectivity index (χ1v) is 6.76. The van der Waals surface area contributed by atoms with Crippen molar-refractivity contribution in [2.24, 2.45) is 0 Å². The highest BCUT2D eigenvalue weighted by atomic mass is 32.2. The lowest BCUT2D eigenvalue weighted by Gasteiger charge is -2.10. The van der Waals surface area contributed by atoms with E-state index in [9.17, 15) is 4.79 Å². The standard InChI is InChI=1S/C13H18O3S/c1-3-10(2)17-9-8-16-12-7-5-4-6-11(12)13(14)15/h4-7,10H,3,8-9H2,1-2H3,(H,14,15). The molecule has 0 aliphatic heterocycles. The third kappa shape index (κ3) is 4.69. The summed E-state index contributed by atoms with van der Waals surface area (Å²) in [5.74, 6) is 0.378. The summed E-state index contributed by atoms with van der Waals surface area (Å²) in [6.07, 6.45) is 1.14. The summed E-state index contributed by atoms with van der Waals surface area (Å²) < 4.78 is 5.49. The van der Waals surface area contributed by atoms with E-state index < -0.39 is 5.97 Å². The Bertz CT molecular complexity index is 365. The number of benzene rings is 1. The van der Waals surface area contributed by atoms with Gasteiger partial charge in [-0.15, -0.1) is 0 Å². The number of carboxylic acids is 1. The molecule has 1 atom stereocenters. The van der Waals surface area contributed by atoms with Gasteiger partial charge in [-0.3, -0.25) is 0 Å². The molecule has 0 aromatic heterocycles. The van der Waals surface area contributed by atoms with Crippen LogP contribution in [0.5, 0.6) is 5.75 Å². The average molecular weight is 254 g/mol. The molecule has 0 amide bonds. The number of ether oxygens (including phenoxy) is 1. The number of aromatic carboxylic acids is 1. The van der Waals surface area contributed by atoms with Gasteiger partial charge in [0.15, 0.2) is 0 Å². The molecule has 1 N–H and O–H groups in total. The molecule has 0 fully saturated rings. The summed E-state index contributed by atoms with van der Waals surface area (Å²) >= 11 is 1.84. The lowest BCUT2D eigenvalue weighted by molar-refractivity contribution is 0.0692. The number of rotatable bonds is 7. The molecule has 0 saturated heterocycles. The second kappa shape index (κ2) is 7.22. The molecule has 0 saturated carbocycles. The number of carbonyl (C=O) groups is 1. The predicted octanol–water partition coefficient (Wildman–Crippen LogP) is 3.30. The van der Waals surface area contributed by atoms with Gasteiger partial charge in [-0.05, 0) is 18.6 Å². The van der Waals surface area contributed by atoms with E-state index in [0.717, 1.165) is 12.2 Å². The van der Waals surface area contributed by atoms with Crippen molar-refractivity contribution in [3.8, 4) is 5.75 Å². The Kier molecular flexibility index (Phi) is 5.91. The molecule has 1 unspecified atom stereocenters. The molecule has 4 heteroatoms. The zero-order chi connectivity index (χ0) is 12.7. The molecule has 0 heterocycles. The van der Waals surface area contributed by atoms with Crippen LogP contribution < -0.4 is 4.74 Å². The molecule has 3 nitrogen and oxygen atoms in total. The number of hydrogen-bond donors (Lipinski definition) is 1. The quantitative estimate of drug-likeness (QED) is 0.758. The highest BCUT2D eigenvalue weighted by Gasteiger charge is 2.09. The molecule has 17 heavy (non-hydrogen) atoms. The average Bonchev–Trinajstić information content (AvgIpc) is 2.34. The van der Waals surface area contributed by atoms with E-state index in [1.54, 1.807) is 24.3 Å². The zero-order valence-electron chi connectivity index (χ0n) is 10.2. The summed E-state index contributed by atoms with van der Waals surface area (Å²) in [7, 11) is 0. The van der Waals surface area contributed by atoms with Crippen LogP contribution in [0.25, 0.3) is 0 Å². The van der Waals surface area contributed by atoms with Gasteiger partial charge in [-0.1, -0.05) is 26.0 Å². The second-order valence-electron chi connectivity index (χ2n) is 3.74. The van der Waals surface area contributed by atoms with E-state index in [1.165, 1.54) is 0 Å². The molecule has 1 aromatic carbocycles. The molecule has 0 spiro atoms. The maximum Gasteiger partial charge on any atom is 0.339 e. The molecule has 0 bridgehead atoms. The molecule has 0 aliphatic rings. The van der Waals surface area contributed by atoms with E-state index in [4.69, 9.17) is 9.84 Å². The Morgan fingerprint density at radius 3 is 2.82 bits per heavy atom. The fraction of sp³-hybridized carbons (Fsp3) is 0.462. The molecule has 94 valence electrons.